The smallest absolute Gasteiger partial charge is 0.226 e. The molecule has 0 saturated carbocycles. The molecule has 2 aromatic heterocycles. The van der Waals surface area contributed by atoms with Crippen LogP contribution in [0.15, 0.2) is 18.5 Å². The number of halogens is 1. The van der Waals surface area contributed by atoms with E-state index in [2.05, 4.69) is 10.1 Å². The zero-order valence-corrected chi connectivity index (χ0v) is 15.1. The molecule has 0 spiro atoms. The highest BCUT2D eigenvalue weighted by atomic mass is 35.5. The first-order chi connectivity index (χ1) is 12.0. The Labute approximate surface area is 151 Å². The lowest BCUT2D eigenvalue weighted by molar-refractivity contribution is 0.0237. The Bertz CT molecular complexity index is 768. The van der Waals surface area contributed by atoms with Crippen molar-refractivity contribution in [3.8, 4) is 5.88 Å². The van der Waals surface area contributed by atoms with E-state index in [9.17, 15) is 0 Å². The number of nitrogen functional groups attached to an aromatic ring is 1. The van der Waals surface area contributed by atoms with Crippen molar-refractivity contribution >= 4 is 23.0 Å². The maximum absolute atomic E-state index is 8.57. The van der Waals surface area contributed by atoms with Gasteiger partial charge in [-0.05, 0) is 19.9 Å². The number of nitrogens with two attached hydrogens (primary N) is 1. The molecular formula is C17H22ClN5O2. The maximum atomic E-state index is 8.57. The van der Waals surface area contributed by atoms with E-state index in [-0.39, 0.29) is 23.0 Å². The van der Waals surface area contributed by atoms with Gasteiger partial charge in [0, 0.05) is 36.3 Å². The number of nitrogens with one attached hydrogen (secondary N) is 1. The van der Waals surface area contributed by atoms with E-state index in [0.717, 1.165) is 12.8 Å². The third-order valence-electron chi connectivity index (χ3n) is 4.10. The molecule has 0 bridgehead atoms. The lowest BCUT2D eigenvalue weighted by Crippen LogP contribution is -2.27. The molecule has 8 heteroatoms. The average Bonchev–Trinajstić information content (AvgIpc) is 3.05. The van der Waals surface area contributed by atoms with Crippen molar-refractivity contribution in [3.63, 3.8) is 0 Å². The van der Waals surface area contributed by atoms with Crippen molar-refractivity contribution in [1.82, 2.24) is 14.8 Å². The standard InChI is InChI=1S/C17H22ClN5O2/c1-10(2)23-9-11(8-21-23)16(20)15-13(19)7-14(18)22-17(15)25-12-3-5-24-6-4-12/h7-10,12,20H,3-6H2,1-2H3,(H2,19,22). The van der Waals surface area contributed by atoms with E-state index in [1.807, 2.05) is 20.0 Å². The number of anilines is 1. The van der Waals surface area contributed by atoms with Crippen molar-refractivity contribution in [2.24, 2.45) is 0 Å². The van der Waals surface area contributed by atoms with Crippen molar-refractivity contribution in [2.75, 3.05) is 18.9 Å². The Morgan fingerprint density at radius 2 is 2.16 bits per heavy atom. The second-order valence-electron chi connectivity index (χ2n) is 6.32. The van der Waals surface area contributed by atoms with Crippen molar-refractivity contribution < 1.29 is 9.47 Å². The normalized spacial score (nSPS) is 15.5. The van der Waals surface area contributed by atoms with Crippen molar-refractivity contribution in [2.45, 2.75) is 38.8 Å². The zero-order valence-electron chi connectivity index (χ0n) is 14.3. The van der Waals surface area contributed by atoms with Crippen molar-refractivity contribution in [3.05, 3.63) is 34.7 Å². The van der Waals surface area contributed by atoms with Gasteiger partial charge >= 0.3 is 0 Å². The van der Waals surface area contributed by atoms with Gasteiger partial charge in [0.1, 0.15) is 11.3 Å². The molecule has 0 unspecified atom stereocenters. The number of ether oxygens (including phenoxy) is 2. The van der Waals surface area contributed by atoms with E-state index in [1.165, 1.54) is 6.07 Å². The van der Waals surface area contributed by atoms with E-state index >= 15 is 0 Å². The number of pyridine rings is 1. The summed E-state index contributed by atoms with van der Waals surface area (Å²) >= 11 is 6.05. The molecule has 0 amide bonds. The van der Waals surface area contributed by atoms with E-state index in [0.29, 0.717) is 35.9 Å². The van der Waals surface area contributed by atoms with Gasteiger partial charge in [0.15, 0.2) is 0 Å². The fourth-order valence-electron chi connectivity index (χ4n) is 2.69. The van der Waals surface area contributed by atoms with E-state index in [4.69, 9.17) is 32.2 Å². The maximum Gasteiger partial charge on any atom is 0.226 e. The van der Waals surface area contributed by atoms with Gasteiger partial charge in [-0.25, -0.2) is 4.98 Å². The lowest BCUT2D eigenvalue weighted by Gasteiger charge is -2.24. The number of rotatable bonds is 5. The largest absolute Gasteiger partial charge is 0.474 e. The van der Waals surface area contributed by atoms with Gasteiger partial charge in [-0.3, -0.25) is 10.1 Å². The summed E-state index contributed by atoms with van der Waals surface area (Å²) in [6, 6.07) is 1.75. The summed E-state index contributed by atoms with van der Waals surface area (Å²) in [5.74, 6) is 0.291. The third-order valence-corrected chi connectivity index (χ3v) is 4.30. The minimum atomic E-state index is -0.0240. The highest BCUT2D eigenvalue weighted by molar-refractivity contribution is 6.30. The summed E-state index contributed by atoms with van der Waals surface area (Å²) in [4.78, 5) is 4.27. The minimum absolute atomic E-state index is 0.0240. The molecule has 1 aliphatic heterocycles. The Hall–Kier alpha value is -2.12. The SMILES string of the molecule is CC(C)n1cc(C(=N)c2c(N)cc(Cl)nc2OC2CCOCC2)cn1. The topological polar surface area (TPSA) is 99.0 Å². The Kier molecular flexibility index (Phi) is 5.24. The second-order valence-corrected chi connectivity index (χ2v) is 6.71. The summed E-state index contributed by atoms with van der Waals surface area (Å²) in [7, 11) is 0. The van der Waals surface area contributed by atoms with Crippen LogP contribution in [0.2, 0.25) is 5.15 Å². The predicted molar refractivity (Wildman–Crippen MR) is 96.7 cm³/mol. The first kappa shape index (κ1) is 17.7. The molecule has 1 saturated heterocycles. The van der Waals surface area contributed by atoms with E-state index < -0.39 is 0 Å². The van der Waals surface area contributed by atoms with Crippen LogP contribution in [0.3, 0.4) is 0 Å². The molecule has 0 aliphatic carbocycles. The molecule has 0 aromatic carbocycles. The minimum Gasteiger partial charge on any atom is -0.474 e. The highest BCUT2D eigenvalue weighted by Crippen LogP contribution is 2.30. The molecular weight excluding hydrogens is 342 g/mol. The van der Waals surface area contributed by atoms with Crippen LogP contribution in [0.4, 0.5) is 5.69 Å². The molecule has 7 nitrogen and oxygen atoms in total. The van der Waals surface area contributed by atoms with Crippen molar-refractivity contribution in [1.29, 1.82) is 5.41 Å². The summed E-state index contributed by atoms with van der Waals surface area (Å²) in [5, 5.41) is 13.1. The molecule has 2 aromatic rings. The fourth-order valence-corrected chi connectivity index (χ4v) is 2.89. The Morgan fingerprint density at radius 1 is 1.44 bits per heavy atom. The zero-order chi connectivity index (χ0) is 18.0. The van der Waals surface area contributed by atoms with Crippen LogP contribution >= 0.6 is 11.6 Å². The van der Waals surface area contributed by atoms with E-state index in [1.54, 1.807) is 10.9 Å². The summed E-state index contributed by atoms with van der Waals surface area (Å²) in [6.45, 7) is 5.35. The van der Waals surface area contributed by atoms with Gasteiger partial charge < -0.3 is 15.2 Å². The van der Waals surface area contributed by atoms with Crippen LogP contribution in [-0.4, -0.2) is 39.8 Å². The predicted octanol–water partition coefficient (Wildman–Crippen LogP) is 3.07. The molecule has 3 rings (SSSR count). The van der Waals surface area contributed by atoms with Gasteiger partial charge in [0.05, 0.1) is 30.7 Å². The van der Waals surface area contributed by atoms with Crippen LogP contribution in [-0.2, 0) is 4.74 Å². The van der Waals surface area contributed by atoms with Crippen LogP contribution < -0.4 is 10.5 Å². The molecule has 25 heavy (non-hydrogen) atoms. The third kappa shape index (κ3) is 3.93. The van der Waals surface area contributed by atoms with Crippen LogP contribution in [0.1, 0.15) is 43.9 Å². The summed E-state index contributed by atoms with van der Waals surface area (Å²) in [6.07, 6.45) is 4.98. The summed E-state index contributed by atoms with van der Waals surface area (Å²) in [5.41, 5.74) is 7.82. The number of hydrogen-bond acceptors (Lipinski definition) is 6. The number of aromatic nitrogens is 3. The number of nitrogens with zero attached hydrogens (tertiary/aromatic N) is 3. The van der Waals surface area contributed by atoms with Gasteiger partial charge in [-0.15, -0.1) is 0 Å². The second kappa shape index (κ2) is 7.41. The first-order valence-corrected chi connectivity index (χ1v) is 8.67. The van der Waals surface area contributed by atoms with Crippen LogP contribution in [0.5, 0.6) is 5.88 Å². The monoisotopic (exact) mass is 363 g/mol. The molecule has 3 N–H and O–H groups in total. The molecule has 3 heterocycles. The van der Waals surface area contributed by atoms with Crippen LogP contribution in [0.25, 0.3) is 0 Å². The lowest BCUT2D eigenvalue weighted by atomic mass is 10.0. The fraction of sp³-hybridized carbons (Fsp3) is 0.471. The molecule has 1 aliphatic rings. The van der Waals surface area contributed by atoms with Gasteiger partial charge in [0.25, 0.3) is 0 Å². The summed E-state index contributed by atoms with van der Waals surface area (Å²) < 4.78 is 13.2. The molecule has 1 fully saturated rings. The molecule has 134 valence electrons. The first-order valence-electron chi connectivity index (χ1n) is 8.29. The quantitative estimate of drug-likeness (QED) is 0.628. The van der Waals surface area contributed by atoms with Crippen LogP contribution in [0, 0.1) is 5.41 Å². The molecule has 0 radical (unpaired) electrons. The molecule has 0 atom stereocenters. The Balaban J connectivity index is 1.94. The average molecular weight is 364 g/mol. The number of hydrogen-bond donors (Lipinski definition) is 2. The Morgan fingerprint density at radius 3 is 2.80 bits per heavy atom. The van der Waals surface area contributed by atoms with Gasteiger partial charge in [0.2, 0.25) is 5.88 Å². The van der Waals surface area contributed by atoms with Gasteiger partial charge in [-0.1, -0.05) is 11.6 Å². The van der Waals surface area contributed by atoms with Gasteiger partial charge in [-0.2, -0.15) is 5.10 Å². The highest BCUT2D eigenvalue weighted by Gasteiger charge is 2.23.